The van der Waals surface area contributed by atoms with Crippen molar-refractivity contribution in [3.05, 3.63) is 127 Å². The van der Waals surface area contributed by atoms with Crippen LogP contribution in [-0.4, -0.2) is 24.9 Å². The molecule has 6 aromatic rings. The molecule has 2 aromatic carbocycles. The quantitative estimate of drug-likeness (QED) is 0.223. The van der Waals surface area contributed by atoms with Gasteiger partial charge in [-0.05, 0) is 76.9 Å². The zero-order valence-electron chi connectivity index (χ0n) is 19.7. The number of rotatable bonds is 5. The minimum absolute atomic E-state index is 0.627. The maximum absolute atomic E-state index is 4.95. The van der Waals surface area contributed by atoms with E-state index in [0.717, 1.165) is 54.8 Å². The van der Waals surface area contributed by atoms with E-state index in [4.69, 9.17) is 9.97 Å². The zero-order chi connectivity index (χ0) is 25.0. The van der Waals surface area contributed by atoms with E-state index in [2.05, 4.69) is 79.4 Å². The van der Waals surface area contributed by atoms with Gasteiger partial charge in [-0.15, -0.1) is 0 Å². The third-order valence-corrected chi connectivity index (χ3v) is 6.49. The molecule has 0 spiro atoms. The molecule has 4 aromatic heterocycles. The van der Waals surface area contributed by atoms with Crippen molar-refractivity contribution in [1.29, 1.82) is 0 Å². The van der Waals surface area contributed by atoms with Gasteiger partial charge < -0.3 is 0 Å². The van der Waals surface area contributed by atoms with Crippen molar-refractivity contribution >= 4 is 15.9 Å². The minimum Gasteiger partial charge on any atom is -0.265 e. The van der Waals surface area contributed by atoms with E-state index in [-0.39, 0.29) is 0 Å². The fourth-order valence-electron chi connectivity index (χ4n) is 4.18. The highest BCUT2D eigenvalue weighted by atomic mass is 79.9. The smallest absolute Gasteiger partial charge is 0.161 e. The summed E-state index contributed by atoms with van der Waals surface area (Å²) in [5.74, 6) is 0.627. The molecule has 0 bridgehead atoms. The van der Waals surface area contributed by atoms with Gasteiger partial charge in [-0.1, -0.05) is 46.3 Å². The molecular weight excluding hydrogens is 522 g/mol. The molecule has 0 aliphatic carbocycles. The maximum Gasteiger partial charge on any atom is 0.161 e. The highest BCUT2D eigenvalue weighted by Crippen LogP contribution is 2.33. The Kier molecular flexibility index (Phi) is 6.31. The predicted molar refractivity (Wildman–Crippen MR) is 150 cm³/mol. The van der Waals surface area contributed by atoms with Crippen LogP contribution in [0.15, 0.2) is 127 Å². The summed E-state index contributed by atoms with van der Waals surface area (Å²) in [5, 5.41) is 0. The number of hydrogen-bond donors (Lipinski definition) is 0. The normalized spacial score (nSPS) is 10.8. The van der Waals surface area contributed by atoms with Gasteiger partial charge in [-0.3, -0.25) is 15.0 Å². The van der Waals surface area contributed by atoms with Crippen molar-refractivity contribution < 1.29 is 0 Å². The molecule has 6 rings (SSSR count). The second kappa shape index (κ2) is 10.2. The van der Waals surface area contributed by atoms with Crippen LogP contribution in [0.2, 0.25) is 0 Å². The van der Waals surface area contributed by atoms with Crippen LogP contribution < -0.4 is 0 Å². The van der Waals surface area contributed by atoms with Crippen molar-refractivity contribution in [2.24, 2.45) is 0 Å². The molecule has 4 heterocycles. The summed E-state index contributed by atoms with van der Waals surface area (Å²) in [5.41, 5.74) is 8.87. The lowest BCUT2D eigenvalue weighted by molar-refractivity contribution is 1.17. The molecular formula is C31H20BrN5. The van der Waals surface area contributed by atoms with Gasteiger partial charge >= 0.3 is 0 Å². The number of benzene rings is 2. The molecule has 0 amide bonds. The molecule has 0 radical (unpaired) electrons. The molecule has 0 N–H and O–H groups in total. The first-order chi connectivity index (χ1) is 18.2. The van der Waals surface area contributed by atoms with Crippen LogP contribution in [0.25, 0.3) is 56.2 Å². The molecule has 0 fully saturated rings. The first kappa shape index (κ1) is 22.9. The Morgan fingerprint density at radius 3 is 1.70 bits per heavy atom. The maximum atomic E-state index is 4.95. The first-order valence-electron chi connectivity index (χ1n) is 11.7. The molecule has 0 aliphatic rings. The van der Waals surface area contributed by atoms with Crippen LogP contribution >= 0.6 is 15.9 Å². The third-order valence-electron chi connectivity index (χ3n) is 6.03. The SMILES string of the molecule is Brc1cc(-c2ccncc2)cc(-c2cc(-c3ccc(-c4cccnc4)cc3)nc(-c3cccnc3)n2)c1. The van der Waals surface area contributed by atoms with Crippen LogP contribution in [0.4, 0.5) is 0 Å². The van der Waals surface area contributed by atoms with E-state index in [0.29, 0.717) is 5.82 Å². The summed E-state index contributed by atoms with van der Waals surface area (Å²) < 4.78 is 0.973. The second-order valence-electron chi connectivity index (χ2n) is 8.49. The van der Waals surface area contributed by atoms with Crippen LogP contribution in [0, 0.1) is 0 Å². The van der Waals surface area contributed by atoms with Crippen LogP contribution in [0.3, 0.4) is 0 Å². The summed E-state index contributed by atoms with van der Waals surface area (Å²) in [6.07, 6.45) is 10.8. The van der Waals surface area contributed by atoms with Crippen LogP contribution in [0.5, 0.6) is 0 Å². The Labute approximate surface area is 223 Å². The third kappa shape index (κ3) is 5.06. The van der Waals surface area contributed by atoms with Gasteiger partial charge in [0.15, 0.2) is 5.82 Å². The van der Waals surface area contributed by atoms with Crippen molar-refractivity contribution in [3.8, 4) is 56.2 Å². The van der Waals surface area contributed by atoms with Crippen molar-refractivity contribution in [2.45, 2.75) is 0 Å². The summed E-state index contributed by atoms with van der Waals surface area (Å²) in [7, 11) is 0. The Bertz CT molecular complexity index is 1660. The van der Waals surface area contributed by atoms with Crippen molar-refractivity contribution in [3.63, 3.8) is 0 Å². The van der Waals surface area contributed by atoms with Gasteiger partial charge in [0, 0.05) is 58.3 Å². The fraction of sp³-hybridized carbons (Fsp3) is 0. The van der Waals surface area contributed by atoms with E-state index >= 15 is 0 Å². The number of hydrogen-bond acceptors (Lipinski definition) is 5. The molecule has 0 aliphatic heterocycles. The van der Waals surface area contributed by atoms with Gasteiger partial charge in [0.05, 0.1) is 11.4 Å². The van der Waals surface area contributed by atoms with E-state index in [1.54, 1.807) is 31.0 Å². The monoisotopic (exact) mass is 541 g/mol. The zero-order valence-corrected chi connectivity index (χ0v) is 21.2. The highest BCUT2D eigenvalue weighted by Gasteiger charge is 2.13. The Balaban J connectivity index is 1.47. The lowest BCUT2D eigenvalue weighted by Gasteiger charge is -2.11. The Morgan fingerprint density at radius 1 is 0.432 bits per heavy atom. The Hall–Kier alpha value is -4.55. The van der Waals surface area contributed by atoms with E-state index in [9.17, 15) is 0 Å². The van der Waals surface area contributed by atoms with Crippen molar-refractivity contribution in [1.82, 2.24) is 24.9 Å². The van der Waals surface area contributed by atoms with Crippen molar-refractivity contribution in [2.75, 3.05) is 0 Å². The van der Waals surface area contributed by atoms with Crippen LogP contribution in [-0.2, 0) is 0 Å². The standard InChI is InChI=1S/C31H20BrN5/c32-28-16-26(22-9-13-33-14-10-22)15-27(17-28)30-18-29(36-31(37-30)25-4-2-12-35-20-25)23-7-5-21(6-8-23)24-3-1-11-34-19-24/h1-20H. The van der Waals surface area contributed by atoms with Gasteiger partial charge in [0.1, 0.15) is 0 Å². The van der Waals surface area contributed by atoms with E-state index in [1.807, 2.05) is 42.6 Å². The summed E-state index contributed by atoms with van der Waals surface area (Å²) in [6.45, 7) is 0. The predicted octanol–water partition coefficient (Wildman–Crippen LogP) is 7.76. The summed E-state index contributed by atoms with van der Waals surface area (Å²) in [6, 6.07) is 28.6. The number of nitrogens with zero attached hydrogens (tertiary/aromatic N) is 5. The number of halogens is 1. The number of pyridine rings is 3. The van der Waals surface area contributed by atoms with Gasteiger partial charge in [0.25, 0.3) is 0 Å². The number of aromatic nitrogens is 5. The molecule has 0 saturated heterocycles. The van der Waals surface area contributed by atoms with Crippen LogP contribution in [0.1, 0.15) is 0 Å². The minimum atomic E-state index is 0.627. The van der Waals surface area contributed by atoms with Gasteiger partial charge in [0.2, 0.25) is 0 Å². The molecule has 0 saturated carbocycles. The molecule has 6 heteroatoms. The second-order valence-corrected chi connectivity index (χ2v) is 9.40. The molecule has 176 valence electrons. The molecule has 0 unspecified atom stereocenters. The molecule has 37 heavy (non-hydrogen) atoms. The van der Waals surface area contributed by atoms with Gasteiger partial charge in [-0.2, -0.15) is 0 Å². The van der Waals surface area contributed by atoms with E-state index in [1.165, 1.54) is 0 Å². The highest BCUT2D eigenvalue weighted by molar-refractivity contribution is 9.10. The Morgan fingerprint density at radius 2 is 1.03 bits per heavy atom. The lowest BCUT2D eigenvalue weighted by atomic mass is 10.0. The topological polar surface area (TPSA) is 64.5 Å². The average Bonchev–Trinajstić information content (AvgIpc) is 2.98. The summed E-state index contributed by atoms with van der Waals surface area (Å²) >= 11 is 3.69. The van der Waals surface area contributed by atoms with Gasteiger partial charge in [-0.25, -0.2) is 9.97 Å². The molecule has 5 nitrogen and oxygen atoms in total. The average molecular weight is 542 g/mol. The van der Waals surface area contributed by atoms with E-state index < -0.39 is 0 Å². The molecule has 0 atom stereocenters. The largest absolute Gasteiger partial charge is 0.265 e. The first-order valence-corrected chi connectivity index (χ1v) is 12.5. The lowest BCUT2D eigenvalue weighted by Crippen LogP contribution is -1.96. The summed E-state index contributed by atoms with van der Waals surface area (Å²) in [4.78, 5) is 22.5. The fourth-order valence-corrected chi connectivity index (χ4v) is 4.68.